The predicted octanol–water partition coefficient (Wildman–Crippen LogP) is 5.52. The van der Waals surface area contributed by atoms with Crippen molar-refractivity contribution in [3.63, 3.8) is 0 Å². The summed E-state index contributed by atoms with van der Waals surface area (Å²) in [6, 6.07) is 7.32. The minimum atomic E-state index is -4.35. The van der Waals surface area contributed by atoms with E-state index in [1.54, 1.807) is 6.07 Å². The molecule has 0 radical (unpaired) electrons. The highest BCUT2D eigenvalue weighted by Crippen LogP contribution is 2.42. The lowest BCUT2D eigenvalue weighted by Crippen LogP contribution is -2.13. The second-order valence-electron chi connectivity index (χ2n) is 4.71. The first-order valence-corrected chi connectivity index (χ1v) is 7.35. The van der Waals surface area contributed by atoms with E-state index in [9.17, 15) is 13.2 Å². The molecule has 106 valence electrons. The molecule has 1 aliphatic rings. The van der Waals surface area contributed by atoms with Crippen molar-refractivity contribution in [3.8, 4) is 0 Å². The lowest BCUT2D eigenvalue weighted by Gasteiger charge is -2.19. The fourth-order valence-electron chi connectivity index (χ4n) is 2.52. The van der Waals surface area contributed by atoms with Gasteiger partial charge in [-0.15, -0.1) is 11.3 Å². The van der Waals surface area contributed by atoms with E-state index in [0.29, 0.717) is 4.34 Å². The number of aryl methyl sites for hydroxylation is 1. The zero-order valence-electron chi connectivity index (χ0n) is 10.3. The Labute approximate surface area is 123 Å². The number of hydrogen-bond donors (Lipinski definition) is 1. The van der Waals surface area contributed by atoms with Gasteiger partial charge in [-0.2, -0.15) is 13.2 Å². The van der Waals surface area contributed by atoms with Crippen molar-refractivity contribution in [1.29, 1.82) is 0 Å². The Bertz CT molecular complexity index is 636. The van der Waals surface area contributed by atoms with E-state index in [-0.39, 0.29) is 11.7 Å². The van der Waals surface area contributed by atoms with Crippen molar-refractivity contribution in [2.24, 2.45) is 0 Å². The van der Waals surface area contributed by atoms with Crippen molar-refractivity contribution < 1.29 is 13.2 Å². The van der Waals surface area contributed by atoms with Gasteiger partial charge in [0.15, 0.2) is 0 Å². The third-order valence-electron chi connectivity index (χ3n) is 3.41. The largest absolute Gasteiger partial charge is 0.418 e. The molecule has 0 bridgehead atoms. The minimum Gasteiger partial charge on any atom is -0.378 e. The number of para-hydroxylation sites is 1. The number of alkyl halides is 3. The van der Waals surface area contributed by atoms with Crippen molar-refractivity contribution in [2.45, 2.75) is 25.1 Å². The van der Waals surface area contributed by atoms with Crippen molar-refractivity contribution in [3.05, 3.63) is 50.7 Å². The maximum Gasteiger partial charge on any atom is 0.418 e. The quantitative estimate of drug-likeness (QED) is 0.769. The van der Waals surface area contributed by atoms with E-state index in [1.807, 2.05) is 6.07 Å². The van der Waals surface area contributed by atoms with Gasteiger partial charge >= 0.3 is 6.18 Å². The standard InChI is InChI=1S/C14H11ClF3NS/c15-13-7-8-10(5-6-12(8)20-13)19-11-4-2-1-3-9(11)14(16,17)18/h1-4,7,10,19H,5-6H2. The maximum atomic E-state index is 13.0. The van der Waals surface area contributed by atoms with E-state index in [0.717, 1.165) is 29.3 Å². The number of anilines is 1. The van der Waals surface area contributed by atoms with E-state index in [4.69, 9.17) is 11.6 Å². The molecule has 2 aromatic rings. The Balaban J connectivity index is 1.90. The van der Waals surface area contributed by atoms with Crippen LogP contribution in [0.25, 0.3) is 0 Å². The van der Waals surface area contributed by atoms with Gasteiger partial charge in [0.1, 0.15) is 0 Å². The molecule has 0 aliphatic heterocycles. The molecule has 1 nitrogen and oxygen atoms in total. The summed E-state index contributed by atoms with van der Waals surface area (Å²) in [5, 5.41) is 3.01. The molecule has 0 amide bonds. The minimum absolute atomic E-state index is 0.0998. The van der Waals surface area contributed by atoms with Gasteiger partial charge in [0.25, 0.3) is 0 Å². The second kappa shape index (κ2) is 4.97. The van der Waals surface area contributed by atoms with Gasteiger partial charge in [-0.3, -0.25) is 0 Å². The second-order valence-corrected chi connectivity index (χ2v) is 6.48. The molecule has 1 heterocycles. The van der Waals surface area contributed by atoms with Crippen LogP contribution >= 0.6 is 22.9 Å². The zero-order valence-corrected chi connectivity index (χ0v) is 11.9. The van der Waals surface area contributed by atoms with E-state index >= 15 is 0 Å². The Hall–Kier alpha value is -1.20. The molecule has 0 fully saturated rings. The summed E-state index contributed by atoms with van der Waals surface area (Å²) in [5.41, 5.74) is 0.520. The summed E-state index contributed by atoms with van der Waals surface area (Å²) in [6.07, 6.45) is -2.69. The van der Waals surface area contributed by atoms with Crippen molar-refractivity contribution in [1.82, 2.24) is 0 Å². The number of fused-ring (bicyclic) bond motifs is 1. The molecular weight excluding hydrogens is 307 g/mol. The SMILES string of the molecule is FC(F)(F)c1ccccc1NC1CCc2sc(Cl)cc21. The number of halogens is 4. The normalized spacial score (nSPS) is 18.1. The predicted molar refractivity (Wildman–Crippen MR) is 75.5 cm³/mol. The van der Waals surface area contributed by atoms with Gasteiger partial charge < -0.3 is 5.32 Å². The molecule has 0 spiro atoms. The highest BCUT2D eigenvalue weighted by Gasteiger charge is 2.34. The molecule has 1 unspecified atom stereocenters. The third kappa shape index (κ3) is 2.52. The van der Waals surface area contributed by atoms with Crippen molar-refractivity contribution >= 4 is 28.6 Å². The number of rotatable bonds is 2. The lowest BCUT2D eigenvalue weighted by atomic mass is 10.1. The monoisotopic (exact) mass is 317 g/mol. The van der Waals surface area contributed by atoms with Gasteiger partial charge in [-0.05, 0) is 36.6 Å². The summed E-state index contributed by atoms with van der Waals surface area (Å²) in [6.45, 7) is 0. The highest BCUT2D eigenvalue weighted by atomic mass is 35.5. The van der Waals surface area contributed by atoms with Gasteiger partial charge in [-0.25, -0.2) is 0 Å². The summed E-state index contributed by atoms with van der Waals surface area (Å²) in [7, 11) is 0. The zero-order chi connectivity index (χ0) is 14.3. The smallest absolute Gasteiger partial charge is 0.378 e. The van der Waals surface area contributed by atoms with E-state index in [2.05, 4.69) is 5.32 Å². The van der Waals surface area contributed by atoms with Crippen LogP contribution in [0, 0.1) is 0 Å². The molecule has 1 aromatic heterocycles. The van der Waals surface area contributed by atoms with Gasteiger partial charge in [-0.1, -0.05) is 23.7 Å². The average Bonchev–Trinajstić information content (AvgIpc) is 2.90. The molecular formula is C14H11ClF3NS. The number of hydrogen-bond acceptors (Lipinski definition) is 2. The Morgan fingerprint density at radius 1 is 1.25 bits per heavy atom. The molecule has 6 heteroatoms. The van der Waals surface area contributed by atoms with Crippen LogP contribution in [0.3, 0.4) is 0 Å². The van der Waals surface area contributed by atoms with Crippen LogP contribution in [-0.4, -0.2) is 0 Å². The summed E-state index contributed by atoms with van der Waals surface area (Å²) >= 11 is 7.47. The third-order valence-corrected chi connectivity index (χ3v) is 4.75. The van der Waals surface area contributed by atoms with Crippen LogP contribution in [0.2, 0.25) is 4.34 Å². The van der Waals surface area contributed by atoms with Crippen LogP contribution in [0.4, 0.5) is 18.9 Å². The molecule has 0 saturated heterocycles. The Morgan fingerprint density at radius 2 is 2.00 bits per heavy atom. The molecule has 0 saturated carbocycles. The first-order chi connectivity index (χ1) is 9.45. The molecule has 20 heavy (non-hydrogen) atoms. The fraction of sp³-hybridized carbons (Fsp3) is 0.286. The Morgan fingerprint density at radius 3 is 2.75 bits per heavy atom. The fourth-order valence-corrected chi connectivity index (χ4v) is 3.88. The van der Waals surface area contributed by atoms with Gasteiger partial charge in [0.2, 0.25) is 0 Å². The first kappa shape index (κ1) is 13.8. The van der Waals surface area contributed by atoms with E-state index < -0.39 is 11.7 Å². The van der Waals surface area contributed by atoms with Crippen LogP contribution in [0.15, 0.2) is 30.3 Å². The summed E-state index contributed by atoms with van der Waals surface area (Å²) in [4.78, 5) is 1.16. The van der Waals surface area contributed by atoms with E-state index in [1.165, 1.54) is 23.5 Å². The summed E-state index contributed by atoms with van der Waals surface area (Å²) in [5.74, 6) is 0. The lowest BCUT2D eigenvalue weighted by molar-refractivity contribution is -0.137. The molecule has 1 aromatic carbocycles. The molecule has 1 N–H and O–H groups in total. The van der Waals surface area contributed by atoms with Gasteiger partial charge in [0, 0.05) is 10.6 Å². The number of nitrogens with one attached hydrogen (secondary N) is 1. The summed E-state index contributed by atoms with van der Waals surface area (Å²) < 4.78 is 39.6. The van der Waals surface area contributed by atoms with Crippen LogP contribution in [0.1, 0.15) is 28.5 Å². The highest BCUT2D eigenvalue weighted by molar-refractivity contribution is 7.16. The van der Waals surface area contributed by atoms with Crippen molar-refractivity contribution in [2.75, 3.05) is 5.32 Å². The molecule has 1 aliphatic carbocycles. The van der Waals surface area contributed by atoms with Crippen LogP contribution < -0.4 is 5.32 Å². The van der Waals surface area contributed by atoms with Gasteiger partial charge in [0.05, 0.1) is 15.9 Å². The maximum absolute atomic E-state index is 13.0. The molecule has 3 rings (SSSR count). The average molecular weight is 318 g/mol. The first-order valence-electron chi connectivity index (χ1n) is 6.16. The molecule has 1 atom stereocenters. The Kier molecular flexibility index (Phi) is 3.42. The topological polar surface area (TPSA) is 12.0 Å². The van der Waals surface area contributed by atoms with Crippen LogP contribution in [-0.2, 0) is 12.6 Å². The number of thiophene rings is 1. The van der Waals surface area contributed by atoms with Crippen LogP contribution in [0.5, 0.6) is 0 Å². The number of benzene rings is 1.